The number of rotatable bonds is 56. The smallest absolute Gasteiger partial charge is 0.305 e. The average Bonchev–Trinajstić information content (AvgIpc) is 3.32. The molecule has 1 amide bonds. The molecule has 0 spiro atoms. The highest BCUT2D eigenvalue weighted by molar-refractivity contribution is 5.76. The van der Waals surface area contributed by atoms with Crippen LogP contribution in [0.25, 0.3) is 0 Å². The van der Waals surface area contributed by atoms with Crippen LogP contribution >= 0.6 is 0 Å². The minimum atomic E-state index is -0.849. The first-order chi connectivity index (χ1) is 32.5. The lowest BCUT2D eigenvalue weighted by molar-refractivity contribution is -0.143. The quantitative estimate of drug-likeness (QED) is 0.0321. The van der Waals surface area contributed by atoms with Gasteiger partial charge in [0.15, 0.2) is 0 Å². The third kappa shape index (κ3) is 52.0. The van der Waals surface area contributed by atoms with Crippen molar-refractivity contribution >= 4 is 11.9 Å². The SMILES string of the molecule is CCCCCCCCCCCCCCCCCCCCCC/C=C/C(O)C(CO)NC(=O)CCCCCCCCCCCCCCCCCCOC(=O)CCCCCCCCCCCCC. The van der Waals surface area contributed by atoms with Gasteiger partial charge in [0, 0.05) is 12.8 Å². The number of carbonyl (C=O) groups is 2. The van der Waals surface area contributed by atoms with E-state index in [4.69, 9.17) is 4.74 Å². The summed E-state index contributed by atoms with van der Waals surface area (Å²) in [5.41, 5.74) is 0. The van der Waals surface area contributed by atoms with Gasteiger partial charge in [-0.25, -0.2) is 0 Å². The Morgan fingerprint density at radius 2 is 0.697 bits per heavy atom. The Balaban J connectivity index is 3.46. The van der Waals surface area contributed by atoms with Crippen molar-refractivity contribution in [3.63, 3.8) is 0 Å². The standard InChI is InChI=1S/C60H117NO5/c1-3-5-7-9-11-13-15-16-17-18-19-20-21-22-23-26-29-33-36-40-44-48-52-58(63)57(56-62)61-59(64)53-49-45-41-37-34-30-27-24-25-28-31-35-39-43-47-51-55-66-60(65)54-50-46-42-38-32-14-12-10-8-6-4-2/h48,52,57-58,62-63H,3-47,49-51,53-56H2,1-2H3,(H,61,64)/b52-48+. The van der Waals surface area contributed by atoms with E-state index in [-0.39, 0.29) is 18.5 Å². The molecule has 0 aromatic heterocycles. The van der Waals surface area contributed by atoms with Crippen molar-refractivity contribution in [1.82, 2.24) is 5.32 Å². The van der Waals surface area contributed by atoms with Gasteiger partial charge in [-0.1, -0.05) is 302 Å². The molecule has 0 fully saturated rings. The predicted octanol–water partition coefficient (Wildman–Crippen LogP) is 18.5. The molecule has 0 heterocycles. The highest BCUT2D eigenvalue weighted by Crippen LogP contribution is 2.18. The molecule has 0 bridgehead atoms. The van der Waals surface area contributed by atoms with Crippen LogP contribution in [0.1, 0.15) is 335 Å². The van der Waals surface area contributed by atoms with Gasteiger partial charge in [0.2, 0.25) is 5.91 Å². The summed E-state index contributed by atoms with van der Waals surface area (Å²) in [5.74, 6) is -0.0684. The molecule has 0 aromatic rings. The second kappa shape index (κ2) is 56.2. The molecule has 392 valence electrons. The van der Waals surface area contributed by atoms with Crippen molar-refractivity contribution in [2.24, 2.45) is 0 Å². The van der Waals surface area contributed by atoms with E-state index in [0.29, 0.717) is 19.4 Å². The number of aliphatic hydroxyl groups is 2. The Labute approximate surface area is 412 Å². The van der Waals surface area contributed by atoms with E-state index in [1.165, 1.54) is 263 Å². The summed E-state index contributed by atoms with van der Waals surface area (Å²) in [6, 6.07) is -0.633. The Bertz CT molecular complexity index is 986. The Kier molecular flexibility index (Phi) is 55.0. The zero-order chi connectivity index (χ0) is 47.9. The fraction of sp³-hybridized carbons (Fsp3) is 0.933. The van der Waals surface area contributed by atoms with Crippen molar-refractivity contribution in [2.75, 3.05) is 13.2 Å². The summed E-state index contributed by atoms with van der Waals surface area (Å²) in [7, 11) is 0. The largest absolute Gasteiger partial charge is 0.466 e. The van der Waals surface area contributed by atoms with E-state index in [2.05, 4.69) is 19.2 Å². The molecule has 6 nitrogen and oxygen atoms in total. The third-order valence-electron chi connectivity index (χ3n) is 14.1. The summed E-state index contributed by atoms with van der Waals surface area (Å²) in [4.78, 5) is 24.5. The molecule has 0 saturated carbocycles. The average molecular weight is 933 g/mol. The molecule has 3 N–H and O–H groups in total. The second-order valence-corrected chi connectivity index (χ2v) is 20.7. The highest BCUT2D eigenvalue weighted by atomic mass is 16.5. The highest BCUT2D eigenvalue weighted by Gasteiger charge is 2.18. The molecule has 0 aliphatic rings. The first kappa shape index (κ1) is 64.6. The minimum absolute atomic E-state index is 0.00264. The lowest BCUT2D eigenvalue weighted by Crippen LogP contribution is -2.45. The molecule has 2 atom stereocenters. The third-order valence-corrected chi connectivity index (χ3v) is 14.1. The molecular weight excluding hydrogens is 815 g/mol. The molecule has 0 aromatic carbocycles. The first-order valence-corrected chi connectivity index (χ1v) is 30.0. The van der Waals surface area contributed by atoms with Crippen molar-refractivity contribution in [2.45, 2.75) is 347 Å². The van der Waals surface area contributed by atoms with E-state index in [9.17, 15) is 19.8 Å². The second-order valence-electron chi connectivity index (χ2n) is 20.7. The lowest BCUT2D eigenvalue weighted by Gasteiger charge is -2.20. The molecule has 66 heavy (non-hydrogen) atoms. The number of amides is 1. The fourth-order valence-electron chi connectivity index (χ4n) is 9.46. The summed E-state index contributed by atoms with van der Waals surface area (Å²) >= 11 is 0. The number of hydrogen-bond acceptors (Lipinski definition) is 5. The zero-order valence-electron chi connectivity index (χ0n) is 44.7. The van der Waals surface area contributed by atoms with Gasteiger partial charge in [0.1, 0.15) is 0 Å². The van der Waals surface area contributed by atoms with E-state index >= 15 is 0 Å². The van der Waals surface area contributed by atoms with Crippen LogP contribution in [0.2, 0.25) is 0 Å². The number of allylic oxidation sites excluding steroid dienone is 1. The van der Waals surface area contributed by atoms with Crippen molar-refractivity contribution in [3.05, 3.63) is 12.2 Å². The maximum atomic E-state index is 12.5. The Morgan fingerprint density at radius 3 is 1.03 bits per heavy atom. The monoisotopic (exact) mass is 932 g/mol. The Hall–Kier alpha value is -1.40. The molecule has 2 unspecified atom stereocenters. The van der Waals surface area contributed by atoms with Gasteiger partial charge in [-0.2, -0.15) is 0 Å². The maximum Gasteiger partial charge on any atom is 0.305 e. The van der Waals surface area contributed by atoms with Gasteiger partial charge in [0.25, 0.3) is 0 Å². The van der Waals surface area contributed by atoms with Gasteiger partial charge < -0.3 is 20.3 Å². The first-order valence-electron chi connectivity index (χ1n) is 30.0. The van der Waals surface area contributed by atoms with Crippen molar-refractivity contribution < 1.29 is 24.5 Å². The molecule has 0 saturated heterocycles. The summed E-state index contributed by atoms with van der Waals surface area (Å²) in [6.07, 6.45) is 66.7. The van der Waals surface area contributed by atoms with Crippen LogP contribution in [0, 0.1) is 0 Å². The number of nitrogens with one attached hydrogen (secondary N) is 1. The summed E-state index contributed by atoms with van der Waals surface area (Å²) in [6.45, 7) is 4.91. The predicted molar refractivity (Wildman–Crippen MR) is 287 cm³/mol. The van der Waals surface area contributed by atoms with E-state index in [1.807, 2.05) is 6.08 Å². The van der Waals surface area contributed by atoms with Crippen LogP contribution in [0.4, 0.5) is 0 Å². The van der Waals surface area contributed by atoms with Crippen LogP contribution in [0.3, 0.4) is 0 Å². The molecule has 0 rings (SSSR count). The topological polar surface area (TPSA) is 95.9 Å². The maximum absolute atomic E-state index is 12.5. The number of hydrogen-bond donors (Lipinski definition) is 3. The number of esters is 1. The minimum Gasteiger partial charge on any atom is -0.466 e. The number of unbranched alkanes of at least 4 members (excludes halogenated alkanes) is 45. The molecule has 0 aliphatic carbocycles. The summed E-state index contributed by atoms with van der Waals surface area (Å²) < 4.78 is 5.46. The van der Waals surface area contributed by atoms with Gasteiger partial charge in [-0.05, 0) is 32.1 Å². The Morgan fingerprint density at radius 1 is 0.409 bits per heavy atom. The lowest BCUT2D eigenvalue weighted by atomic mass is 10.0. The van der Waals surface area contributed by atoms with Crippen molar-refractivity contribution in [1.29, 1.82) is 0 Å². The number of aliphatic hydroxyl groups excluding tert-OH is 2. The van der Waals surface area contributed by atoms with E-state index < -0.39 is 12.1 Å². The molecule has 0 radical (unpaired) electrons. The van der Waals surface area contributed by atoms with Gasteiger partial charge >= 0.3 is 5.97 Å². The van der Waals surface area contributed by atoms with Crippen LogP contribution < -0.4 is 5.32 Å². The van der Waals surface area contributed by atoms with E-state index in [0.717, 1.165) is 44.9 Å². The normalized spacial score (nSPS) is 12.6. The molecule has 6 heteroatoms. The van der Waals surface area contributed by atoms with Crippen molar-refractivity contribution in [3.8, 4) is 0 Å². The van der Waals surface area contributed by atoms with Gasteiger partial charge in [-0.3, -0.25) is 9.59 Å². The van der Waals surface area contributed by atoms with Crippen LogP contribution in [-0.4, -0.2) is 47.4 Å². The van der Waals surface area contributed by atoms with Gasteiger partial charge in [0.05, 0.1) is 25.4 Å². The summed E-state index contributed by atoms with van der Waals surface area (Å²) in [5, 5.41) is 23.2. The van der Waals surface area contributed by atoms with Crippen LogP contribution in [0.5, 0.6) is 0 Å². The van der Waals surface area contributed by atoms with E-state index in [1.54, 1.807) is 6.08 Å². The number of carbonyl (C=O) groups excluding carboxylic acids is 2. The fourth-order valence-corrected chi connectivity index (χ4v) is 9.46. The van der Waals surface area contributed by atoms with Gasteiger partial charge in [-0.15, -0.1) is 0 Å². The van der Waals surface area contributed by atoms with Crippen LogP contribution in [-0.2, 0) is 14.3 Å². The zero-order valence-corrected chi connectivity index (χ0v) is 44.7. The molecule has 0 aliphatic heterocycles. The van der Waals surface area contributed by atoms with Crippen LogP contribution in [0.15, 0.2) is 12.2 Å². The number of ether oxygens (including phenoxy) is 1. The molecular formula is C60H117NO5.